The number of terminal acetylenes is 1. The molecule has 8 heterocycles. The van der Waals surface area contributed by atoms with Gasteiger partial charge in [-0.15, -0.1) is 6.42 Å². The summed E-state index contributed by atoms with van der Waals surface area (Å²) in [5, 5.41) is 33.8. The third kappa shape index (κ3) is 11.7. The lowest BCUT2D eigenvalue weighted by Crippen LogP contribution is -2.50. The van der Waals surface area contributed by atoms with E-state index in [0.29, 0.717) is 115 Å². The number of hydrogen-bond acceptors (Lipinski definition) is 17. The predicted molar refractivity (Wildman–Crippen MR) is 347 cm³/mol. The van der Waals surface area contributed by atoms with Gasteiger partial charge in [0.2, 0.25) is 5.88 Å². The van der Waals surface area contributed by atoms with Crippen LogP contribution in [0, 0.1) is 52.4 Å². The Bertz CT molecular complexity index is 4150. The van der Waals surface area contributed by atoms with Crippen molar-refractivity contribution in [2.75, 3.05) is 103 Å². The molecule has 484 valence electrons. The maximum Gasteiger partial charge on any atom is 0.319 e. The van der Waals surface area contributed by atoms with Crippen molar-refractivity contribution in [2.24, 2.45) is 16.7 Å². The molecule has 3 N–H and O–H groups in total. The number of aromatic nitrogens is 6. The fourth-order valence-electron chi connectivity index (χ4n) is 16.3. The molecule has 4 aliphatic heterocycles. The van der Waals surface area contributed by atoms with Crippen molar-refractivity contribution in [1.82, 2.24) is 39.7 Å². The average Bonchev–Trinajstić information content (AvgIpc) is 0.846. The van der Waals surface area contributed by atoms with E-state index in [2.05, 4.69) is 54.7 Å². The number of aromatic hydroxyl groups is 2. The van der Waals surface area contributed by atoms with E-state index >= 15 is 13.2 Å². The van der Waals surface area contributed by atoms with Crippen LogP contribution in [0.3, 0.4) is 0 Å². The maximum atomic E-state index is 17.0. The average molecular weight is 1260 g/mol. The van der Waals surface area contributed by atoms with Crippen LogP contribution in [0.15, 0.2) is 54.7 Å². The van der Waals surface area contributed by atoms with Gasteiger partial charge in [0.25, 0.3) is 0 Å². The number of rotatable bonds is 13. The molecule has 6 fully saturated rings. The summed E-state index contributed by atoms with van der Waals surface area (Å²) in [6.07, 6.45) is 22.2. The highest BCUT2D eigenvalue weighted by Gasteiger charge is 2.49. The summed E-state index contributed by atoms with van der Waals surface area (Å²) in [5.74, 6) is 0.849. The Morgan fingerprint density at radius 2 is 1.25 bits per heavy atom. The third-order valence-corrected chi connectivity index (χ3v) is 20.7. The lowest BCUT2D eigenvalue weighted by Gasteiger charge is -2.44. The number of halogens is 4. The van der Waals surface area contributed by atoms with Crippen molar-refractivity contribution in [3.63, 3.8) is 0 Å². The van der Waals surface area contributed by atoms with Gasteiger partial charge >= 0.3 is 12.0 Å². The lowest BCUT2D eigenvalue weighted by molar-refractivity contribution is 0.0133. The zero-order valence-corrected chi connectivity index (χ0v) is 52.8. The van der Waals surface area contributed by atoms with Crippen molar-refractivity contribution in [3.8, 4) is 64.3 Å². The van der Waals surface area contributed by atoms with Gasteiger partial charge < -0.3 is 53.9 Å². The van der Waals surface area contributed by atoms with Gasteiger partial charge in [-0.1, -0.05) is 44.2 Å². The molecule has 14 rings (SSSR count). The highest BCUT2D eigenvalue weighted by Crippen LogP contribution is 2.50. The minimum atomic E-state index is -0.743. The first-order valence-electron chi connectivity index (χ1n) is 32.7. The van der Waals surface area contributed by atoms with Gasteiger partial charge in [-0.2, -0.15) is 19.9 Å². The van der Waals surface area contributed by atoms with Crippen LogP contribution >= 0.6 is 0 Å². The van der Waals surface area contributed by atoms with E-state index in [1.165, 1.54) is 49.7 Å². The number of likely N-dealkylation sites (tertiary alicyclic amines) is 2. The number of ether oxygens (including phenoxy) is 4. The first-order valence-corrected chi connectivity index (χ1v) is 32.7. The molecule has 5 unspecified atom stereocenters. The van der Waals surface area contributed by atoms with Gasteiger partial charge in [0.1, 0.15) is 62.6 Å². The number of piperidine rings is 2. The number of methoxy groups -OCH3 is 1. The number of phenols is 2. The van der Waals surface area contributed by atoms with E-state index in [1.54, 1.807) is 12.1 Å². The first-order chi connectivity index (χ1) is 44.6. The van der Waals surface area contributed by atoms with Crippen molar-refractivity contribution < 1.29 is 51.8 Å². The lowest BCUT2D eigenvalue weighted by atomic mass is 9.76. The number of phenolic OH excluding ortho intramolecular Hbond substituents is 2. The molecule has 6 aliphatic rings. The van der Waals surface area contributed by atoms with Crippen LogP contribution in [0.25, 0.3) is 65.9 Å². The number of nitrogens with zero attached hydrogens (tertiary/aromatic N) is 10. The SMILES string of the molecule is C#Cc1c(F)ccc2cc(O)cc(-c3ncc4c(N5CCCCC(CO)C5)nc(OCC56CCCC5N(C)CCC6)nc4c3F)c12.CCc1c(F)ccc2cc(O)cc(-c3nc(OC)c4c(N5CCCOCC5)nc(OCC56CCCC5N(C)CCC6)nc4c3F)c12. The molecule has 0 spiro atoms. The van der Waals surface area contributed by atoms with Crippen LogP contribution in [-0.2, 0) is 11.2 Å². The Kier molecular flexibility index (Phi) is 17.9. The summed E-state index contributed by atoms with van der Waals surface area (Å²) in [6, 6.07) is 12.5. The molecule has 4 aromatic heterocycles. The normalized spacial score (nSPS) is 23.0. The summed E-state index contributed by atoms with van der Waals surface area (Å²) in [4.78, 5) is 37.2. The zero-order chi connectivity index (χ0) is 64.0. The third-order valence-electron chi connectivity index (χ3n) is 20.7. The molecule has 17 nitrogen and oxygen atoms in total. The molecular weight excluding hydrogens is 1180 g/mol. The van der Waals surface area contributed by atoms with E-state index < -0.39 is 23.3 Å². The predicted octanol–water partition coefficient (Wildman–Crippen LogP) is 12.3. The monoisotopic (exact) mass is 1260 g/mol. The molecule has 4 saturated heterocycles. The van der Waals surface area contributed by atoms with Gasteiger partial charge in [-0.05, 0) is 168 Å². The first kappa shape index (κ1) is 62.9. The van der Waals surface area contributed by atoms with Crippen LogP contribution in [0.5, 0.6) is 29.4 Å². The van der Waals surface area contributed by atoms with Crippen LogP contribution < -0.4 is 24.0 Å². The molecular formula is C71H80F4N10O7. The standard InChI is InChI=1S/C36H39F2N5O3.C35H41F2N5O4/c1-3-25-28(37)11-10-23-16-24(45)17-26(30(23)25)32-31(38)33-27(18-39-32)34(43-15-5-4-8-22(19-43)20-44)41-35(40-33)46-21-36-12-6-9-29(36)42(2)14-7-13-36;1-4-23-25(36)10-9-21-18-22(43)19-24(27(21)23)30-29(37)31-28(33(38-30)44-3)32(42-14-7-16-45-17-15-42)40-34(39-31)46-20-35-11-5-8-26(35)41(2)13-6-12-35/h1,10-11,16-18,22,29,44-45H,4-9,12-15,19-21H2,2H3;9-10,18-19,26,43H,4-8,11-17,20H2,1-3H3. The number of fused-ring (bicyclic) bond motifs is 6. The fraction of sp³-hybridized carbons (Fsp3) is 0.493. The second-order valence-corrected chi connectivity index (χ2v) is 26.2. The van der Waals surface area contributed by atoms with Gasteiger partial charge in [0.15, 0.2) is 11.6 Å². The maximum absolute atomic E-state index is 17.0. The summed E-state index contributed by atoms with van der Waals surface area (Å²) in [7, 11) is 5.84. The van der Waals surface area contributed by atoms with Crippen molar-refractivity contribution in [2.45, 2.75) is 115 Å². The summed E-state index contributed by atoms with van der Waals surface area (Å²) >= 11 is 0. The van der Waals surface area contributed by atoms with E-state index in [9.17, 15) is 19.7 Å². The molecule has 4 aromatic carbocycles. The number of pyridine rings is 2. The van der Waals surface area contributed by atoms with Crippen LogP contribution in [0.4, 0.5) is 29.2 Å². The summed E-state index contributed by atoms with van der Waals surface area (Å²) in [6.45, 7) is 8.47. The minimum Gasteiger partial charge on any atom is -0.508 e. The quantitative estimate of drug-likeness (QED) is 0.0730. The highest BCUT2D eigenvalue weighted by atomic mass is 19.1. The Morgan fingerprint density at radius 3 is 1.90 bits per heavy atom. The second-order valence-electron chi connectivity index (χ2n) is 26.2. The number of aryl methyl sites for hydroxylation is 1. The van der Waals surface area contributed by atoms with Crippen molar-refractivity contribution in [3.05, 3.63) is 89.1 Å². The molecule has 5 atom stereocenters. The van der Waals surface area contributed by atoms with E-state index in [4.69, 9.17) is 35.3 Å². The molecule has 2 saturated carbocycles. The topological polar surface area (TPSA) is 188 Å². The molecule has 92 heavy (non-hydrogen) atoms. The number of benzene rings is 4. The van der Waals surface area contributed by atoms with Gasteiger partial charge in [-0.3, -0.25) is 4.98 Å². The molecule has 8 aromatic rings. The Morgan fingerprint density at radius 1 is 0.641 bits per heavy atom. The fourth-order valence-corrected chi connectivity index (χ4v) is 16.3. The number of hydrogen-bond donors (Lipinski definition) is 3. The van der Waals surface area contributed by atoms with Gasteiger partial charge in [0.05, 0.1) is 37.9 Å². The number of aliphatic hydroxyl groups excluding tert-OH is 1. The smallest absolute Gasteiger partial charge is 0.319 e. The largest absolute Gasteiger partial charge is 0.508 e. The number of aliphatic hydroxyl groups is 1. The van der Waals surface area contributed by atoms with Crippen molar-refractivity contribution in [1.29, 1.82) is 0 Å². The van der Waals surface area contributed by atoms with E-state index in [0.717, 1.165) is 103 Å². The van der Waals surface area contributed by atoms with E-state index in [1.807, 2.05) is 11.8 Å². The van der Waals surface area contributed by atoms with Gasteiger partial charge in [-0.25, -0.2) is 22.5 Å². The van der Waals surface area contributed by atoms with E-state index in [-0.39, 0.29) is 97.3 Å². The summed E-state index contributed by atoms with van der Waals surface area (Å²) < 4.78 is 88.2. The summed E-state index contributed by atoms with van der Waals surface area (Å²) in [5.41, 5.74) is 0.603. The second kappa shape index (κ2) is 26.2. The molecule has 21 heteroatoms. The zero-order valence-electron chi connectivity index (χ0n) is 52.8. The van der Waals surface area contributed by atoms with Crippen LogP contribution in [0.1, 0.15) is 108 Å². The van der Waals surface area contributed by atoms with Crippen molar-refractivity contribution >= 4 is 55.0 Å². The Labute approximate surface area is 533 Å². The molecule has 0 amide bonds. The Balaban J connectivity index is 0.000000168. The number of anilines is 2. The molecule has 0 radical (unpaired) electrons. The minimum absolute atomic E-state index is 0.000746. The van der Waals surface area contributed by atoms with Crippen LogP contribution in [-0.4, -0.2) is 161 Å². The van der Waals surface area contributed by atoms with Gasteiger partial charge in [0, 0.05) is 85.0 Å². The molecule has 2 aliphatic carbocycles. The highest BCUT2D eigenvalue weighted by molar-refractivity contribution is 6.04. The molecule has 0 bridgehead atoms. The Hall–Kier alpha value is -7.90. The van der Waals surface area contributed by atoms with Crippen LogP contribution in [0.2, 0.25) is 0 Å².